The molecular weight excluding hydrogens is 276 g/mol. The number of nitrogens with one attached hydrogen (secondary N) is 1. The van der Waals surface area contributed by atoms with Crippen LogP contribution < -0.4 is 5.56 Å². The van der Waals surface area contributed by atoms with E-state index in [0.717, 1.165) is 11.4 Å². The third-order valence-electron chi connectivity index (χ3n) is 3.20. The molecule has 0 saturated heterocycles. The van der Waals surface area contributed by atoms with Crippen molar-refractivity contribution in [2.24, 2.45) is 0 Å². The van der Waals surface area contributed by atoms with Crippen molar-refractivity contribution in [3.63, 3.8) is 0 Å². The first kappa shape index (κ1) is 12.9. The number of hydrogen-bond acceptors (Lipinski definition) is 3. The molecule has 0 radical (unpaired) electrons. The zero-order chi connectivity index (χ0) is 14.3. The number of rotatable bonds is 2. The number of halogens is 1. The minimum Gasteiger partial charge on any atom is -0.309 e. The Morgan fingerprint density at radius 2 is 2.00 bits per heavy atom. The van der Waals surface area contributed by atoms with Crippen LogP contribution >= 0.6 is 11.6 Å². The highest BCUT2D eigenvalue weighted by molar-refractivity contribution is 6.31. The molecule has 1 aromatic carbocycles. The van der Waals surface area contributed by atoms with Gasteiger partial charge >= 0.3 is 0 Å². The summed E-state index contributed by atoms with van der Waals surface area (Å²) in [4.78, 5) is 23.2. The molecule has 0 bridgehead atoms. The number of imidazole rings is 1. The molecule has 0 aliphatic rings. The Kier molecular flexibility index (Phi) is 3.06. The topological polar surface area (TPSA) is 63.6 Å². The summed E-state index contributed by atoms with van der Waals surface area (Å²) in [6.07, 6.45) is 0. The van der Waals surface area contributed by atoms with Gasteiger partial charge < -0.3 is 9.55 Å². The number of hydrogen-bond donors (Lipinski definition) is 1. The van der Waals surface area contributed by atoms with Gasteiger partial charge in [-0.25, -0.2) is 9.97 Å². The molecule has 0 spiro atoms. The Morgan fingerprint density at radius 3 is 2.75 bits per heavy atom. The molecule has 2 aromatic heterocycles. The second-order valence-electron chi connectivity index (χ2n) is 4.66. The normalized spacial score (nSPS) is 11.2. The lowest BCUT2D eigenvalue weighted by Gasteiger charge is -2.08. The SMILES string of the molecule is Cc1nc2c(nc(C)n2Cc2ccccc2Cl)c(=O)[nH]1. The Morgan fingerprint density at radius 1 is 1.25 bits per heavy atom. The van der Waals surface area contributed by atoms with E-state index in [2.05, 4.69) is 15.0 Å². The van der Waals surface area contributed by atoms with Crippen molar-refractivity contribution in [2.45, 2.75) is 20.4 Å². The molecule has 0 atom stereocenters. The quantitative estimate of drug-likeness (QED) is 0.788. The van der Waals surface area contributed by atoms with Crippen molar-refractivity contribution in [3.8, 4) is 0 Å². The highest BCUT2D eigenvalue weighted by atomic mass is 35.5. The van der Waals surface area contributed by atoms with E-state index < -0.39 is 0 Å². The molecule has 0 saturated carbocycles. The van der Waals surface area contributed by atoms with Crippen LogP contribution in [0.4, 0.5) is 0 Å². The summed E-state index contributed by atoms with van der Waals surface area (Å²) in [5.41, 5.74) is 1.70. The Balaban J connectivity index is 2.19. The lowest BCUT2D eigenvalue weighted by molar-refractivity contribution is 0.775. The van der Waals surface area contributed by atoms with Crippen LogP contribution in [0.3, 0.4) is 0 Å². The van der Waals surface area contributed by atoms with E-state index in [1.807, 2.05) is 35.8 Å². The number of aromatic amines is 1. The fourth-order valence-corrected chi connectivity index (χ4v) is 2.41. The highest BCUT2D eigenvalue weighted by Crippen LogP contribution is 2.19. The van der Waals surface area contributed by atoms with Crippen molar-refractivity contribution >= 4 is 22.8 Å². The Hall–Kier alpha value is -2.14. The third kappa shape index (κ3) is 2.10. The summed E-state index contributed by atoms with van der Waals surface area (Å²) in [5.74, 6) is 1.31. The van der Waals surface area contributed by atoms with Gasteiger partial charge in [0.05, 0.1) is 6.54 Å². The number of fused-ring (bicyclic) bond motifs is 1. The Labute approximate surface area is 120 Å². The average molecular weight is 289 g/mol. The molecule has 0 aliphatic carbocycles. The minimum absolute atomic E-state index is 0.214. The van der Waals surface area contributed by atoms with Crippen LogP contribution in [-0.2, 0) is 6.54 Å². The van der Waals surface area contributed by atoms with E-state index in [1.54, 1.807) is 6.92 Å². The molecular formula is C14H13ClN4O. The van der Waals surface area contributed by atoms with E-state index in [4.69, 9.17) is 11.6 Å². The van der Waals surface area contributed by atoms with Gasteiger partial charge in [0.25, 0.3) is 5.56 Å². The van der Waals surface area contributed by atoms with Gasteiger partial charge in [-0.1, -0.05) is 29.8 Å². The van der Waals surface area contributed by atoms with Crippen molar-refractivity contribution in [1.29, 1.82) is 0 Å². The number of aryl methyl sites for hydroxylation is 2. The molecule has 0 fully saturated rings. The summed E-state index contributed by atoms with van der Waals surface area (Å²) < 4.78 is 1.90. The van der Waals surface area contributed by atoms with Crippen LogP contribution in [0.15, 0.2) is 29.1 Å². The second kappa shape index (κ2) is 4.76. The van der Waals surface area contributed by atoms with Crippen molar-refractivity contribution in [1.82, 2.24) is 19.5 Å². The molecule has 2 heterocycles. The van der Waals surface area contributed by atoms with Gasteiger partial charge in [-0.05, 0) is 25.5 Å². The van der Waals surface area contributed by atoms with Crippen LogP contribution in [0.1, 0.15) is 17.2 Å². The van der Waals surface area contributed by atoms with Gasteiger partial charge in [0.15, 0.2) is 11.2 Å². The number of H-pyrrole nitrogens is 1. The summed E-state index contributed by atoms with van der Waals surface area (Å²) in [5, 5.41) is 0.690. The molecule has 3 aromatic rings. The molecule has 102 valence electrons. The van der Waals surface area contributed by atoms with Crippen molar-refractivity contribution < 1.29 is 0 Å². The average Bonchev–Trinajstić information content (AvgIpc) is 2.70. The first-order valence-corrected chi connectivity index (χ1v) is 6.61. The van der Waals surface area contributed by atoms with Gasteiger partial charge in [0, 0.05) is 5.02 Å². The van der Waals surface area contributed by atoms with Crippen LogP contribution in [0.25, 0.3) is 11.2 Å². The molecule has 20 heavy (non-hydrogen) atoms. The maximum atomic E-state index is 11.9. The third-order valence-corrected chi connectivity index (χ3v) is 3.57. The molecule has 0 aliphatic heterocycles. The van der Waals surface area contributed by atoms with Crippen LogP contribution in [-0.4, -0.2) is 19.5 Å². The number of nitrogens with zero attached hydrogens (tertiary/aromatic N) is 3. The molecule has 1 N–H and O–H groups in total. The number of benzene rings is 1. The molecule has 6 heteroatoms. The predicted molar refractivity (Wildman–Crippen MR) is 78.2 cm³/mol. The van der Waals surface area contributed by atoms with Gasteiger partial charge in [-0.2, -0.15) is 0 Å². The zero-order valence-corrected chi connectivity index (χ0v) is 11.9. The zero-order valence-electron chi connectivity index (χ0n) is 11.1. The fraction of sp³-hybridized carbons (Fsp3) is 0.214. The minimum atomic E-state index is -0.214. The van der Waals surface area contributed by atoms with E-state index in [9.17, 15) is 4.79 Å². The summed E-state index contributed by atoms with van der Waals surface area (Å²) in [6.45, 7) is 4.15. The van der Waals surface area contributed by atoms with E-state index in [0.29, 0.717) is 28.6 Å². The fourth-order valence-electron chi connectivity index (χ4n) is 2.22. The maximum absolute atomic E-state index is 11.9. The van der Waals surface area contributed by atoms with E-state index >= 15 is 0 Å². The lowest BCUT2D eigenvalue weighted by Crippen LogP contribution is -2.11. The van der Waals surface area contributed by atoms with Crippen LogP contribution in [0.2, 0.25) is 5.02 Å². The van der Waals surface area contributed by atoms with Crippen LogP contribution in [0, 0.1) is 13.8 Å². The van der Waals surface area contributed by atoms with Gasteiger partial charge in [0.2, 0.25) is 0 Å². The summed E-state index contributed by atoms with van der Waals surface area (Å²) >= 11 is 6.19. The van der Waals surface area contributed by atoms with Gasteiger partial charge in [0.1, 0.15) is 11.6 Å². The first-order valence-electron chi connectivity index (χ1n) is 6.23. The second-order valence-corrected chi connectivity index (χ2v) is 5.07. The van der Waals surface area contributed by atoms with E-state index in [1.165, 1.54) is 0 Å². The molecule has 0 unspecified atom stereocenters. The first-order chi connectivity index (χ1) is 9.56. The lowest BCUT2D eigenvalue weighted by atomic mass is 10.2. The van der Waals surface area contributed by atoms with Crippen molar-refractivity contribution in [3.05, 3.63) is 56.9 Å². The van der Waals surface area contributed by atoms with E-state index in [-0.39, 0.29) is 5.56 Å². The standard InChI is InChI=1S/C14H13ClN4O/c1-8-16-13-12(14(20)17-8)18-9(2)19(13)7-10-5-3-4-6-11(10)15/h3-6H,7H2,1-2H3,(H,16,17,20). The largest absolute Gasteiger partial charge is 0.309 e. The van der Waals surface area contributed by atoms with Crippen LogP contribution in [0.5, 0.6) is 0 Å². The monoisotopic (exact) mass is 288 g/mol. The summed E-state index contributed by atoms with van der Waals surface area (Å²) in [6, 6.07) is 7.61. The van der Waals surface area contributed by atoms with Gasteiger partial charge in [-0.3, -0.25) is 4.79 Å². The number of aromatic nitrogens is 4. The maximum Gasteiger partial charge on any atom is 0.279 e. The Bertz CT molecular complexity index is 850. The van der Waals surface area contributed by atoms with Gasteiger partial charge in [-0.15, -0.1) is 0 Å². The predicted octanol–water partition coefficient (Wildman–Crippen LogP) is 2.44. The smallest absolute Gasteiger partial charge is 0.279 e. The molecule has 5 nitrogen and oxygen atoms in total. The highest BCUT2D eigenvalue weighted by Gasteiger charge is 2.13. The summed E-state index contributed by atoms with van der Waals surface area (Å²) in [7, 11) is 0. The van der Waals surface area contributed by atoms with Crippen molar-refractivity contribution in [2.75, 3.05) is 0 Å². The molecule has 3 rings (SSSR count). The molecule has 0 amide bonds.